The van der Waals surface area contributed by atoms with Crippen LogP contribution < -0.4 is 4.74 Å². The number of aliphatic hydroxyl groups is 1. The molecule has 0 saturated carbocycles. The van der Waals surface area contributed by atoms with Crippen molar-refractivity contribution in [1.82, 2.24) is 9.88 Å². The quantitative estimate of drug-likeness (QED) is 0.162. The normalized spacial score (nSPS) is 14.0. The highest BCUT2D eigenvalue weighted by atomic mass is 16.5. The fourth-order valence-corrected chi connectivity index (χ4v) is 5.89. The number of nitrogens with zero attached hydrogens (tertiary/aromatic N) is 2. The van der Waals surface area contributed by atoms with Crippen LogP contribution in [0.15, 0.2) is 103 Å². The molecule has 8 nitrogen and oxygen atoms in total. The molecule has 5 rings (SSSR count). The summed E-state index contributed by atoms with van der Waals surface area (Å²) in [6.45, 7) is 0.582. The Labute approximate surface area is 255 Å². The predicted octanol–water partition coefficient (Wildman–Crippen LogP) is 5.92. The van der Waals surface area contributed by atoms with E-state index in [9.17, 15) is 24.9 Å². The molecule has 0 amide bonds. The second-order valence-electron chi connectivity index (χ2n) is 11.0. The molecule has 1 aromatic heterocycles. The van der Waals surface area contributed by atoms with E-state index in [4.69, 9.17) is 9.72 Å². The van der Waals surface area contributed by atoms with Gasteiger partial charge in [0.05, 0.1) is 18.2 Å². The monoisotopic (exact) mass is 590 g/mol. The number of hydrogen-bond acceptors (Lipinski definition) is 6. The highest BCUT2D eigenvalue weighted by Gasteiger charge is 2.43. The molecule has 44 heavy (non-hydrogen) atoms. The van der Waals surface area contributed by atoms with Gasteiger partial charge in [0, 0.05) is 29.5 Å². The zero-order valence-corrected chi connectivity index (χ0v) is 24.8. The number of hydrogen-bond donors (Lipinski definition) is 3. The number of carboxylic acids is 2. The summed E-state index contributed by atoms with van der Waals surface area (Å²) in [7, 11) is 5.46. The van der Waals surface area contributed by atoms with Gasteiger partial charge in [-0.3, -0.25) is 0 Å². The molecular formula is C36H34N2O6. The molecule has 224 valence electrons. The Hall–Kier alpha value is -5.05. The third-order valence-electron chi connectivity index (χ3n) is 7.93. The number of ether oxygens (including phenoxy) is 1. The van der Waals surface area contributed by atoms with E-state index < -0.39 is 23.5 Å². The SMILES string of the molecule is COc1nc2ccc(/C(=C/C(=O)O)C(=O)O)cc2cc1[C@@H](c1ccccc1)[C@@](O)(CCN(C)C)c1cccc2ccccc12. The summed E-state index contributed by atoms with van der Waals surface area (Å²) in [5.41, 5.74) is 1.17. The van der Waals surface area contributed by atoms with Gasteiger partial charge < -0.3 is 25.0 Å². The number of pyridine rings is 1. The van der Waals surface area contributed by atoms with Gasteiger partial charge in [0.1, 0.15) is 5.60 Å². The molecule has 4 aromatic carbocycles. The van der Waals surface area contributed by atoms with Crippen LogP contribution in [0.25, 0.3) is 27.2 Å². The fourth-order valence-electron chi connectivity index (χ4n) is 5.89. The van der Waals surface area contributed by atoms with Crippen LogP contribution in [-0.2, 0) is 15.2 Å². The molecular weight excluding hydrogens is 556 g/mol. The summed E-state index contributed by atoms with van der Waals surface area (Å²) in [5, 5.41) is 34.7. The first-order valence-electron chi connectivity index (χ1n) is 14.2. The Bertz CT molecular complexity index is 1860. The highest BCUT2D eigenvalue weighted by Crippen LogP contribution is 2.49. The van der Waals surface area contributed by atoms with Crippen molar-refractivity contribution in [3.8, 4) is 5.88 Å². The van der Waals surface area contributed by atoms with Crippen molar-refractivity contribution >= 4 is 39.2 Å². The van der Waals surface area contributed by atoms with E-state index >= 15 is 0 Å². The molecule has 0 aliphatic carbocycles. The van der Waals surface area contributed by atoms with Gasteiger partial charge in [-0.05, 0) is 66.2 Å². The molecule has 8 heteroatoms. The van der Waals surface area contributed by atoms with E-state index in [1.54, 1.807) is 12.1 Å². The summed E-state index contributed by atoms with van der Waals surface area (Å²) in [4.78, 5) is 30.1. The van der Waals surface area contributed by atoms with E-state index in [-0.39, 0.29) is 11.1 Å². The third-order valence-corrected chi connectivity index (χ3v) is 7.93. The van der Waals surface area contributed by atoms with E-state index in [1.165, 1.54) is 13.2 Å². The molecule has 0 spiro atoms. The zero-order chi connectivity index (χ0) is 31.4. The van der Waals surface area contributed by atoms with Crippen LogP contribution in [0, 0.1) is 0 Å². The number of rotatable bonds is 11. The van der Waals surface area contributed by atoms with Gasteiger partial charge in [-0.2, -0.15) is 0 Å². The predicted molar refractivity (Wildman–Crippen MR) is 171 cm³/mol. The molecule has 0 saturated heterocycles. The van der Waals surface area contributed by atoms with E-state index in [1.807, 2.05) is 97.9 Å². The number of fused-ring (bicyclic) bond motifs is 2. The van der Waals surface area contributed by atoms with Gasteiger partial charge in [0.2, 0.25) is 5.88 Å². The van der Waals surface area contributed by atoms with Crippen LogP contribution in [0.3, 0.4) is 0 Å². The van der Waals surface area contributed by atoms with E-state index in [0.717, 1.165) is 21.9 Å². The number of carboxylic acid groups (broad SMARTS) is 2. The minimum Gasteiger partial charge on any atom is -0.481 e. The second kappa shape index (κ2) is 12.7. The number of aliphatic carboxylic acids is 2. The van der Waals surface area contributed by atoms with Crippen molar-refractivity contribution < 1.29 is 29.6 Å². The lowest BCUT2D eigenvalue weighted by molar-refractivity contribution is -0.133. The maximum atomic E-state index is 13.1. The van der Waals surface area contributed by atoms with Gasteiger partial charge >= 0.3 is 11.9 Å². The Balaban J connectivity index is 1.82. The molecule has 0 radical (unpaired) electrons. The van der Waals surface area contributed by atoms with Crippen molar-refractivity contribution in [3.63, 3.8) is 0 Å². The molecule has 2 atom stereocenters. The number of carbonyl (C=O) groups is 2. The Kier molecular flexibility index (Phi) is 8.76. The summed E-state index contributed by atoms with van der Waals surface area (Å²) in [5.74, 6) is -3.05. The summed E-state index contributed by atoms with van der Waals surface area (Å²) in [6, 6.07) is 30.2. The van der Waals surface area contributed by atoms with Crippen molar-refractivity contribution in [2.75, 3.05) is 27.7 Å². The van der Waals surface area contributed by atoms with Crippen LogP contribution in [0.2, 0.25) is 0 Å². The number of benzene rings is 4. The first-order valence-corrected chi connectivity index (χ1v) is 14.2. The molecule has 0 aliphatic rings. The van der Waals surface area contributed by atoms with Crippen LogP contribution in [0.1, 0.15) is 34.6 Å². The molecule has 0 unspecified atom stereocenters. The average Bonchev–Trinajstić information content (AvgIpc) is 3.02. The van der Waals surface area contributed by atoms with Crippen LogP contribution >= 0.6 is 0 Å². The van der Waals surface area contributed by atoms with Crippen molar-refractivity contribution in [3.05, 3.63) is 125 Å². The van der Waals surface area contributed by atoms with Gasteiger partial charge in [-0.1, -0.05) is 78.9 Å². The van der Waals surface area contributed by atoms with Gasteiger partial charge in [0.25, 0.3) is 0 Å². The Morgan fingerprint density at radius 3 is 2.30 bits per heavy atom. The first-order chi connectivity index (χ1) is 21.1. The largest absolute Gasteiger partial charge is 0.481 e. The summed E-state index contributed by atoms with van der Waals surface area (Å²) < 4.78 is 5.85. The minimum absolute atomic E-state index is 0.221. The minimum atomic E-state index is -1.44. The number of aromatic nitrogens is 1. The van der Waals surface area contributed by atoms with Crippen molar-refractivity contribution in [1.29, 1.82) is 0 Å². The lowest BCUT2D eigenvalue weighted by atomic mass is 9.70. The van der Waals surface area contributed by atoms with E-state index in [2.05, 4.69) is 0 Å². The maximum Gasteiger partial charge on any atom is 0.336 e. The summed E-state index contributed by atoms with van der Waals surface area (Å²) >= 11 is 0. The van der Waals surface area contributed by atoms with Gasteiger partial charge in [-0.25, -0.2) is 14.6 Å². The molecule has 0 fully saturated rings. The molecule has 3 N–H and O–H groups in total. The number of methoxy groups -OCH3 is 1. The smallest absolute Gasteiger partial charge is 0.336 e. The zero-order valence-electron chi connectivity index (χ0n) is 24.8. The first kappa shape index (κ1) is 30.4. The topological polar surface area (TPSA) is 120 Å². The standard InChI is InChI=1S/C36H34N2O6/c1-38(2)19-18-36(43,30-15-9-13-23-10-7-8-14-27(23)30)33(24-11-5-4-6-12-24)29-21-26-20-25(28(35(41)42)22-32(39)40)16-17-31(26)37-34(29)44-3/h4-17,20-22,33,43H,18-19H2,1-3H3,(H,39,40)(H,41,42)/b28-22-/t33-,36-/m1/s1. The van der Waals surface area contributed by atoms with Crippen LogP contribution in [-0.4, -0.2) is 64.9 Å². The van der Waals surface area contributed by atoms with E-state index in [0.29, 0.717) is 41.4 Å². The third kappa shape index (κ3) is 6.04. The Morgan fingerprint density at radius 2 is 1.61 bits per heavy atom. The van der Waals surface area contributed by atoms with Crippen molar-refractivity contribution in [2.24, 2.45) is 0 Å². The van der Waals surface area contributed by atoms with Crippen molar-refractivity contribution in [2.45, 2.75) is 17.9 Å². The highest BCUT2D eigenvalue weighted by molar-refractivity contribution is 6.20. The lowest BCUT2D eigenvalue weighted by Gasteiger charge is -2.39. The maximum absolute atomic E-state index is 13.1. The molecule has 5 aromatic rings. The van der Waals surface area contributed by atoms with Gasteiger partial charge in [0.15, 0.2) is 0 Å². The van der Waals surface area contributed by atoms with Crippen LogP contribution in [0.5, 0.6) is 5.88 Å². The second-order valence-corrected chi connectivity index (χ2v) is 11.0. The summed E-state index contributed by atoms with van der Waals surface area (Å²) in [6.07, 6.45) is 1.05. The molecule has 1 heterocycles. The Morgan fingerprint density at radius 1 is 0.909 bits per heavy atom. The fraction of sp³-hybridized carbons (Fsp3) is 0.194. The average molecular weight is 591 g/mol. The lowest BCUT2D eigenvalue weighted by Crippen LogP contribution is -2.38. The van der Waals surface area contributed by atoms with Gasteiger partial charge in [-0.15, -0.1) is 0 Å². The molecule has 0 bridgehead atoms. The van der Waals surface area contributed by atoms with Crippen LogP contribution in [0.4, 0.5) is 0 Å². The molecule has 0 aliphatic heterocycles.